The monoisotopic (exact) mass is 425 g/mol. The van der Waals surface area contributed by atoms with Crippen LogP contribution in [0, 0.1) is 11.3 Å². The molecule has 30 heavy (non-hydrogen) atoms. The van der Waals surface area contributed by atoms with Gasteiger partial charge < -0.3 is 15.5 Å². The van der Waals surface area contributed by atoms with Crippen molar-refractivity contribution < 1.29 is 4.79 Å². The molecule has 4 nitrogen and oxygen atoms in total. The van der Waals surface area contributed by atoms with E-state index in [1.54, 1.807) is 11.3 Å². The first-order valence-corrected chi connectivity index (χ1v) is 12.3. The highest BCUT2D eigenvalue weighted by Crippen LogP contribution is 2.47. The van der Waals surface area contributed by atoms with Crippen molar-refractivity contribution in [3.63, 3.8) is 0 Å². The Balaban J connectivity index is 1.56. The third kappa shape index (κ3) is 3.73. The maximum absolute atomic E-state index is 13.1. The van der Waals surface area contributed by atoms with Crippen molar-refractivity contribution in [1.29, 1.82) is 0 Å². The van der Waals surface area contributed by atoms with E-state index in [4.69, 9.17) is 0 Å². The molecule has 2 N–H and O–H groups in total. The third-order valence-electron chi connectivity index (χ3n) is 7.41. The van der Waals surface area contributed by atoms with E-state index in [2.05, 4.69) is 74.4 Å². The standard InChI is InChI=1S/C25H35N3OS/c1-6-25(4,5)17-11-14-19-20(15-17)30-24-21(19)23(29)26-22(27-24)16-9-12-18(13-10-16)28(7-2)8-3/h9-10,12-13,17,22,27H,6-8,11,14-15H2,1-5H3,(H,26,29)/t17-,22-/m0/s1. The van der Waals surface area contributed by atoms with Crippen molar-refractivity contribution in [1.82, 2.24) is 5.32 Å². The normalized spacial score (nSPS) is 20.8. The van der Waals surface area contributed by atoms with Crippen molar-refractivity contribution >= 4 is 27.9 Å². The van der Waals surface area contributed by atoms with Gasteiger partial charge in [-0.15, -0.1) is 11.3 Å². The van der Waals surface area contributed by atoms with E-state index in [1.807, 2.05) is 0 Å². The SMILES string of the molecule is CCN(CC)c1ccc([C@H]2NC(=O)c3c(sc4c3CC[C@H](C(C)(C)CC)C4)N2)cc1. The Kier molecular flexibility index (Phi) is 5.84. The van der Waals surface area contributed by atoms with Gasteiger partial charge in [0.2, 0.25) is 0 Å². The quantitative estimate of drug-likeness (QED) is 0.597. The molecule has 1 aliphatic heterocycles. The summed E-state index contributed by atoms with van der Waals surface area (Å²) in [5.74, 6) is 0.772. The van der Waals surface area contributed by atoms with Crippen molar-refractivity contribution in [3.05, 3.63) is 45.8 Å². The van der Waals surface area contributed by atoms with Gasteiger partial charge in [-0.3, -0.25) is 4.79 Å². The molecule has 0 unspecified atom stereocenters. The highest BCUT2D eigenvalue weighted by Gasteiger charge is 2.37. The summed E-state index contributed by atoms with van der Waals surface area (Å²) in [5.41, 5.74) is 4.87. The lowest BCUT2D eigenvalue weighted by Gasteiger charge is -2.36. The van der Waals surface area contributed by atoms with Crippen molar-refractivity contribution in [2.24, 2.45) is 11.3 Å². The average Bonchev–Trinajstić information content (AvgIpc) is 3.13. The Morgan fingerprint density at radius 2 is 1.80 bits per heavy atom. The summed E-state index contributed by atoms with van der Waals surface area (Å²) < 4.78 is 0. The molecule has 0 saturated carbocycles. The summed E-state index contributed by atoms with van der Waals surface area (Å²) in [6, 6.07) is 8.57. The van der Waals surface area contributed by atoms with E-state index in [0.29, 0.717) is 11.3 Å². The molecule has 4 rings (SSSR count). The Morgan fingerprint density at radius 1 is 1.10 bits per heavy atom. The minimum atomic E-state index is -0.168. The second-order valence-corrected chi connectivity index (χ2v) is 10.4. The second-order valence-electron chi connectivity index (χ2n) is 9.30. The van der Waals surface area contributed by atoms with Crippen LogP contribution in [0.1, 0.15) is 80.0 Å². The lowest BCUT2D eigenvalue weighted by atomic mass is 9.69. The van der Waals surface area contributed by atoms with Crippen LogP contribution in [0.4, 0.5) is 10.7 Å². The van der Waals surface area contributed by atoms with Crippen LogP contribution in [0.2, 0.25) is 0 Å². The molecule has 1 amide bonds. The number of carbonyl (C=O) groups is 1. The first-order chi connectivity index (χ1) is 14.4. The molecule has 2 aliphatic rings. The predicted molar refractivity (Wildman–Crippen MR) is 128 cm³/mol. The third-order valence-corrected chi connectivity index (χ3v) is 8.60. The number of nitrogens with zero attached hydrogens (tertiary/aromatic N) is 1. The zero-order valence-electron chi connectivity index (χ0n) is 19.0. The maximum atomic E-state index is 13.1. The van der Waals surface area contributed by atoms with Gasteiger partial charge in [0.15, 0.2) is 0 Å². The Morgan fingerprint density at radius 3 is 2.43 bits per heavy atom. The van der Waals surface area contributed by atoms with E-state index >= 15 is 0 Å². The zero-order chi connectivity index (χ0) is 21.5. The zero-order valence-corrected chi connectivity index (χ0v) is 19.8. The molecule has 2 heterocycles. The summed E-state index contributed by atoms with van der Waals surface area (Å²) in [6.45, 7) is 13.4. The largest absolute Gasteiger partial charge is 0.372 e. The van der Waals surface area contributed by atoms with Crippen LogP contribution in [0.5, 0.6) is 0 Å². The van der Waals surface area contributed by atoms with Crippen LogP contribution >= 0.6 is 11.3 Å². The fourth-order valence-corrected chi connectivity index (χ4v) is 6.24. The van der Waals surface area contributed by atoms with Gasteiger partial charge in [-0.25, -0.2) is 0 Å². The molecular weight excluding hydrogens is 390 g/mol. The van der Waals surface area contributed by atoms with E-state index in [1.165, 1.54) is 29.0 Å². The van der Waals surface area contributed by atoms with Gasteiger partial charge in [0.05, 0.1) is 5.56 Å². The molecule has 0 saturated heterocycles. The van der Waals surface area contributed by atoms with E-state index < -0.39 is 0 Å². The molecular formula is C25H35N3OS. The maximum Gasteiger partial charge on any atom is 0.256 e. The van der Waals surface area contributed by atoms with Gasteiger partial charge >= 0.3 is 0 Å². The number of anilines is 2. The van der Waals surface area contributed by atoms with Crippen LogP contribution in [0.15, 0.2) is 24.3 Å². The fourth-order valence-electron chi connectivity index (χ4n) is 4.89. The summed E-state index contributed by atoms with van der Waals surface area (Å²) in [4.78, 5) is 16.8. The minimum Gasteiger partial charge on any atom is -0.372 e. The van der Waals surface area contributed by atoms with Crippen LogP contribution in [0.25, 0.3) is 0 Å². The van der Waals surface area contributed by atoms with Crippen LogP contribution in [0.3, 0.4) is 0 Å². The van der Waals surface area contributed by atoms with Gasteiger partial charge in [-0.05, 0) is 67.7 Å². The summed E-state index contributed by atoms with van der Waals surface area (Å²) in [7, 11) is 0. The molecule has 1 aliphatic carbocycles. The average molecular weight is 426 g/mol. The second kappa shape index (κ2) is 8.26. The number of hydrogen-bond acceptors (Lipinski definition) is 4. The number of thiophene rings is 1. The number of hydrogen-bond donors (Lipinski definition) is 2. The molecule has 5 heteroatoms. The van der Waals surface area contributed by atoms with E-state index in [9.17, 15) is 4.79 Å². The lowest BCUT2D eigenvalue weighted by molar-refractivity contribution is 0.0934. The number of carbonyl (C=O) groups excluding carboxylic acids is 1. The fraction of sp³-hybridized carbons (Fsp3) is 0.560. The van der Waals surface area contributed by atoms with Crippen LogP contribution < -0.4 is 15.5 Å². The molecule has 0 radical (unpaired) electrons. The lowest BCUT2D eigenvalue weighted by Crippen LogP contribution is -2.38. The van der Waals surface area contributed by atoms with E-state index in [0.717, 1.165) is 42.1 Å². The highest BCUT2D eigenvalue weighted by atomic mass is 32.1. The van der Waals surface area contributed by atoms with Gasteiger partial charge in [-0.2, -0.15) is 0 Å². The molecule has 2 atom stereocenters. The molecule has 0 bridgehead atoms. The first-order valence-electron chi connectivity index (χ1n) is 11.4. The number of amides is 1. The number of nitrogens with one attached hydrogen (secondary N) is 2. The summed E-state index contributed by atoms with van der Waals surface area (Å²) in [5, 5.41) is 7.87. The van der Waals surface area contributed by atoms with Gasteiger partial charge in [0, 0.05) is 23.7 Å². The predicted octanol–water partition coefficient (Wildman–Crippen LogP) is 5.99. The summed E-state index contributed by atoms with van der Waals surface area (Å²) >= 11 is 1.81. The van der Waals surface area contributed by atoms with Gasteiger partial charge in [0.1, 0.15) is 11.2 Å². The van der Waals surface area contributed by atoms with Crippen LogP contribution in [-0.2, 0) is 12.8 Å². The highest BCUT2D eigenvalue weighted by molar-refractivity contribution is 7.16. The van der Waals surface area contributed by atoms with Crippen molar-refractivity contribution in [2.75, 3.05) is 23.3 Å². The van der Waals surface area contributed by atoms with Crippen LogP contribution in [-0.4, -0.2) is 19.0 Å². The Bertz CT molecular complexity index is 911. The van der Waals surface area contributed by atoms with E-state index in [-0.39, 0.29) is 12.1 Å². The molecule has 2 aromatic rings. The number of rotatable bonds is 6. The Hall–Kier alpha value is -2.01. The summed E-state index contributed by atoms with van der Waals surface area (Å²) in [6.07, 6.45) is 4.33. The topological polar surface area (TPSA) is 44.4 Å². The smallest absolute Gasteiger partial charge is 0.256 e. The number of fused-ring (bicyclic) bond motifs is 3. The molecule has 1 aromatic carbocycles. The van der Waals surface area contributed by atoms with Gasteiger partial charge in [-0.1, -0.05) is 39.3 Å². The van der Waals surface area contributed by atoms with Crippen molar-refractivity contribution in [2.45, 2.75) is 66.5 Å². The van der Waals surface area contributed by atoms with Gasteiger partial charge in [0.25, 0.3) is 5.91 Å². The molecule has 0 spiro atoms. The first kappa shape index (κ1) is 21.2. The Labute approximate surface area is 185 Å². The number of benzene rings is 1. The molecule has 162 valence electrons. The molecule has 0 fully saturated rings. The minimum absolute atomic E-state index is 0.0762. The molecule has 1 aromatic heterocycles. The van der Waals surface area contributed by atoms with Crippen molar-refractivity contribution in [3.8, 4) is 0 Å².